The molecule has 33 heavy (non-hydrogen) atoms. The average molecular weight is 457 g/mol. The summed E-state index contributed by atoms with van der Waals surface area (Å²) in [6.07, 6.45) is 2.21. The Kier molecular flexibility index (Phi) is 6.24. The van der Waals surface area contributed by atoms with E-state index in [-0.39, 0.29) is 30.8 Å². The summed E-state index contributed by atoms with van der Waals surface area (Å²) in [4.78, 5) is 50.3. The maximum Gasteiger partial charge on any atom is 0.410 e. The second-order valence-corrected chi connectivity index (χ2v) is 7.84. The predicted octanol–water partition coefficient (Wildman–Crippen LogP) is 1.44. The largest absolute Gasteiger partial charge is 0.467 e. The van der Waals surface area contributed by atoms with Gasteiger partial charge in [0, 0.05) is 43.0 Å². The fourth-order valence-electron chi connectivity index (χ4n) is 4.14. The van der Waals surface area contributed by atoms with E-state index in [1.165, 1.54) is 28.8 Å². The van der Waals surface area contributed by atoms with Crippen LogP contribution in [0.25, 0.3) is 11.3 Å². The molecule has 1 unspecified atom stereocenters. The third kappa shape index (κ3) is 4.64. The molecule has 1 aromatic carbocycles. The molecule has 2 aliphatic rings. The van der Waals surface area contributed by atoms with Gasteiger partial charge in [-0.25, -0.2) is 9.59 Å². The van der Waals surface area contributed by atoms with Gasteiger partial charge in [-0.2, -0.15) is 5.10 Å². The fourth-order valence-corrected chi connectivity index (χ4v) is 4.14. The van der Waals surface area contributed by atoms with E-state index >= 15 is 0 Å². The number of amides is 2. The van der Waals surface area contributed by atoms with Crippen LogP contribution in [0.4, 0.5) is 10.5 Å². The lowest BCUT2D eigenvalue weighted by atomic mass is 10.0. The fraction of sp³-hybridized carbons (Fsp3) is 0.429. The lowest BCUT2D eigenvalue weighted by Gasteiger charge is -2.37. The van der Waals surface area contributed by atoms with Gasteiger partial charge in [0.05, 0.1) is 17.7 Å². The van der Waals surface area contributed by atoms with Crippen molar-refractivity contribution in [2.45, 2.75) is 31.5 Å². The number of carbonyl (C=O) groups excluding carboxylic acids is 3. The Hall–Kier alpha value is -3.96. The average Bonchev–Trinajstić information content (AvgIpc) is 3.45. The Bertz CT molecular complexity index is 1060. The Morgan fingerprint density at radius 2 is 1.91 bits per heavy atom. The molecule has 2 fully saturated rings. The third-order valence-corrected chi connectivity index (χ3v) is 5.91. The number of benzene rings is 1. The van der Waals surface area contributed by atoms with Crippen LogP contribution < -0.4 is 0 Å². The quantitative estimate of drug-likeness (QED) is 0.361. The number of likely N-dealkylation sites (tertiary alicyclic amines) is 1. The molecular formula is C21H23N5O7. The van der Waals surface area contributed by atoms with Crippen molar-refractivity contribution < 1.29 is 28.8 Å². The summed E-state index contributed by atoms with van der Waals surface area (Å²) in [5.41, 5.74) is 1.32. The Labute approximate surface area is 188 Å². The van der Waals surface area contributed by atoms with E-state index in [1.54, 1.807) is 29.3 Å². The highest BCUT2D eigenvalue weighted by molar-refractivity contribution is 5.84. The van der Waals surface area contributed by atoms with E-state index in [1.807, 2.05) is 0 Å². The molecule has 12 nitrogen and oxygen atoms in total. The SMILES string of the molecule is COC(=O)C1COC(=O)N1C1CCN(C(=O)Cn2ccc(-c3ccc([N+](=O)[O-])cc3)n2)CC1. The summed E-state index contributed by atoms with van der Waals surface area (Å²) in [6.45, 7) is 0.907. The first-order valence-electron chi connectivity index (χ1n) is 10.5. The number of nitro groups is 1. The normalized spacial score (nSPS) is 18.8. The highest BCUT2D eigenvalue weighted by Gasteiger charge is 2.44. The molecule has 0 aliphatic carbocycles. The number of cyclic esters (lactones) is 1. The lowest BCUT2D eigenvalue weighted by Crippen LogP contribution is -2.52. The van der Waals surface area contributed by atoms with Crippen LogP contribution in [0.3, 0.4) is 0 Å². The highest BCUT2D eigenvalue weighted by Crippen LogP contribution is 2.25. The summed E-state index contributed by atoms with van der Waals surface area (Å²) in [5, 5.41) is 15.2. The van der Waals surface area contributed by atoms with Crippen molar-refractivity contribution in [3.05, 3.63) is 46.6 Å². The monoisotopic (exact) mass is 457 g/mol. The summed E-state index contributed by atoms with van der Waals surface area (Å²) >= 11 is 0. The second kappa shape index (κ2) is 9.27. The molecule has 0 bridgehead atoms. The van der Waals surface area contributed by atoms with Crippen LogP contribution in [-0.4, -0.2) is 81.4 Å². The molecule has 3 heterocycles. The van der Waals surface area contributed by atoms with Crippen LogP contribution >= 0.6 is 0 Å². The first-order chi connectivity index (χ1) is 15.9. The molecule has 1 aromatic heterocycles. The second-order valence-electron chi connectivity index (χ2n) is 7.84. The van der Waals surface area contributed by atoms with Gasteiger partial charge in [-0.3, -0.25) is 24.5 Å². The summed E-state index contributed by atoms with van der Waals surface area (Å²) in [7, 11) is 1.27. The first kappa shape index (κ1) is 22.2. The van der Waals surface area contributed by atoms with Crippen LogP contribution in [0.2, 0.25) is 0 Å². The number of methoxy groups -OCH3 is 1. The van der Waals surface area contributed by atoms with Gasteiger partial charge in [-0.1, -0.05) is 0 Å². The standard InChI is InChI=1S/C21H23N5O7/c1-32-20(28)18-13-33-21(29)25(18)15-6-9-23(10-7-15)19(27)12-24-11-8-17(22-24)14-2-4-16(5-3-14)26(30)31/h2-5,8,11,15,18H,6-7,9-10,12-13H2,1H3. The molecule has 174 valence electrons. The number of nitro benzene ring substituents is 1. The molecule has 0 N–H and O–H groups in total. The zero-order chi connectivity index (χ0) is 23.5. The minimum Gasteiger partial charge on any atom is -0.467 e. The number of non-ortho nitro benzene ring substituents is 1. The van der Waals surface area contributed by atoms with Crippen LogP contribution in [0.5, 0.6) is 0 Å². The molecule has 0 saturated carbocycles. The van der Waals surface area contributed by atoms with Gasteiger partial charge < -0.3 is 14.4 Å². The number of esters is 1. The van der Waals surface area contributed by atoms with Crippen LogP contribution in [0.15, 0.2) is 36.5 Å². The van der Waals surface area contributed by atoms with Gasteiger partial charge in [0.1, 0.15) is 13.2 Å². The molecule has 4 rings (SSSR count). The van der Waals surface area contributed by atoms with Gasteiger partial charge in [0.25, 0.3) is 5.69 Å². The summed E-state index contributed by atoms with van der Waals surface area (Å²) in [5.74, 6) is -0.623. The van der Waals surface area contributed by atoms with Crippen molar-refractivity contribution in [1.29, 1.82) is 0 Å². The number of aromatic nitrogens is 2. The van der Waals surface area contributed by atoms with E-state index in [2.05, 4.69) is 5.10 Å². The Balaban J connectivity index is 1.33. The topological polar surface area (TPSA) is 137 Å². The molecule has 2 saturated heterocycles. The molecule has 2 aliphatic heterocycles. The highest BCUT2D eigenvalue weighted by atomic mass is 16.6. The van der Waals surface area contributed by atoms with Crippen molar-refractivity contribution in [2.24, 2.45) is 0 Å². The Morgan fingerprint density at radius 1 is 1.21 bits per heavy atom. The maximum absolute atomic E-state index is 12.8. The third-order valence-electron chi connectivity index (χ3n) is 5.91. The lowest BCUT2D eigenvalue weighted by molar-refractivity contribution is -0.384. The Morgan fingerprint density at radius 3 is 2.55 bits per heavy atom. The van der Waals surface area contributed by atoms with Gasteiger partial charge in [0.15, 0.2) is 6.04 Å². The van der Waals surface area contributed by atoms with Crippen LogP contribution in [0, 0.1) is 10.1 Å². The van der Waals surface area contributed by atoms with Crippen LogP contribution in [-0.2, 0) is 25.6 Å². The number of hydrogen-bond acceptors (Lipinski definition) is 8. The minimum atomic E-state index is -0.753. The van der Waals surface area contributed by atoms with Crippen molar-refractivity contribution in [1.82, 2.24) is 19.6 Å². The van der Waals surface area contributed by atoms with E-state index < -0.39 is 23.0 Å². The van der Waals surface area contributed by atoms with E-state index in [4.69, 9.17) is 9.47 Å². The molecule has 2 amide bonds. The number of nitrogens with zero attached hydrogens (tertiary/aromatic N) is 5. The zero-order valence-corrected chi connectivity index (χ0v) is 18.0. The van der Waals surface area contributed by atoms with E-state index in [9.17, 15) is 24.5 Å². The number of carbonyl (C=O) groups is 3. The number of piperidine rings is 1. The van der Waals surface area contributed by atoms with Crippen LogP contribution in [0.1, 0.15) is 12.8 Å². The van der Waals surface area contributed by atoms with E-state index in [0.717, 1.165) is 0 Å². The summed E-state index contributed by atoms with van der Waals surface area (Å²) in [6, 6.07) is 6.83. The molecular weight excluding hydrogens is 434 g/mol. The first-order valence-corrected chi connectivity index (χ1v) is 10.5. The molecule has 0 radical (unpaired) electrons. The van der Waals surface area contributed by atoms with Gasteiger partial charge in [-0.15, -0.1) is 0 Å². The smallest absolute Gasteiger partial charge is 0.410 e. The molecule has 1 atom stereocenters. The summed E-state index contributed by atoms with van der Waals surface area (Å²) < 4.78 is 11.3. The molecule has 2 aromatic rings. The van der Waals surface area contributed by atoms with Crippen molar-refractivity contribution in [2.75, 3.05) is 26.8 Å². The van der Waals surface area contributed by atoms with Gasteiger partial charge in [0.2, 0.25) is 5.91 Å². The zero-order valence-electron chi connectivity index (χ0n) is 18.0. The number of ether oxygens (including phenoxy) is 2. The van der Waals surface area contributed by atoms with Crippen molar-refractivity contribution >= 4 is 23.7 Å². The number of rotatable bonds is 6. The van der Waals surface area contributed by atoms with Gasteiger partial charge >= 0.3 is 12.1 Å². The molecule has 12 heteroatoms. The van der Waals surface area contributed by atoms with Gasteiger partial charge in [-0.05, 0) is 31.0 Å². The van der Waals surface area contributed by atoms with Crippen molar-refractivity contribution in [3.8, 4) is 11.3 Å². The predicted molar refractivity (Wildman–Crippen MR) is 113 cm³/mol. The molecule has 0 spiro atoms. The number of hydrogen-bond donors (Lipinski definition) is 0. The maximum atomic E-state index is 12.8. The van der Waals surface area contributed by atoms with E-state index in [0.29, 0.717) is 37.2 Å². The minimum absolute atomic E-state index is 0.00290. The van der Waals surface area contributed by atoms with Crippen molar-refractivity contribution in [3.63, 3.8) is 0 Å².